The van der Waals surface area contributed by atoms with Gasteiger partial charge in [0.05, 0.1) is 11.7 Å². The van der Waals surface area contributed by atoms with Gasteiger partial charge in [0.15, 0.2) is 0 Å². The summed E-state index contributed by atoms with van der Waals surface area (Å²) in [4.78, 5) is 18.8. The van der Waals surface area contributed by atoms with Gasteiger partial charge in [-0.15, -0.1) is 0 Å². The van der Waals surface area contributed by atoms with Crippen LogP contribution in [0.3, 0.4) is 0 Å². The Morgan fingerprint density at radius 3 is 2.71 bits per heavy atom. The van der Waals surface area contributed by atoms with E-state index in [2.05, 4.69) is 23.3 Å². The molecule has 5 nitrogen and oxygen atoms in total. The average molecular weight is 325 g/mol. The van der Waals surface area contributed by atoms with Gasteiger partial charge in [-0.05, 0) is 37.3 Å². The van der Waals surface area contributed by atoms with Crippen LogP contribution in [-0.2, 0) is 4.79 Å². The highest BCUT2D eigenvalue weighted by atomic mass is 16.4. The number of nitrogens with zero attached hydrogens (tertiary/aromatic N) is 2. The Labute approximate surface area is 142 Å². The molecule has 1 amide bonds. The van der Waals surface area contributed by atoms with Gasteiger partial charge in [0, 0.05) is 24.6 Å². The van der Waals surface area contributed by atoms with E-state index in [4.69, 9.17) is 4.42 Å². The minimum Gasteiger partial charge on any atom is -0.432 e. The van der Waals surface area contributed by atoms with E-state index >= 15 is 0 Å². The van der Waals surface area contributed by atoms with E-state index in [1.165, 1.54) is 12.8 Å². The van der Waals surface area contributed by atoms with Crippen molar-refractivity contribution < 1.29 is 9.21 Å². The van der Waals surface area contributed by atoms with Crippen LogP contribution in [0, 0.1) is 18.8 Å². The number of amides is 1. The fraction of sp³-hybridized carbons (Fsp3) is 0.474. The average Bonchev–Trinajstić information content (AvgIpc) is 3.31. The molecule has 2 aromatic rings. The van der Waals surface area contributed by atoms with E-state index in [9.17, 15) is 4.79 Å². The maximum atomic E-state index is 12.4. The maximum absolute atomic E-state index is 12.4. The zero-order valence-corrected chi connectivity index (χ0v) is 14.3. The van der Waals surface area contributed by atoms with Crippen LogP contribution < -0.4 is 10.2 Å². The largest absolute Gasteiger partial charge is 0.432 e. The summed E-state index contributed by atoms with van der Waals surface area (Å²) in [6.45, 7) is 5.81. The van der Waals surface area contributed by atoms with Crippen LogP contribution in [0.25, 0.3) is 0 Å². The van der Waals surface area contributed by atoms with Crippen LogP contribution >= 0.6 is 0 Å². The molecule has 2 unspecified atom stereocenters. The maximum Gasteiger partial charge on any atom is 0.295 e. The lowest BCUT2D eigenvalue weighted by molar-refractivity contribution is -0.117. The summed E-state index contributed by atoms with van der Waals surface area (Å²) < 4.78 is 5.51. The molecule has 0 bridgehead atoms. The van der Waals surface area contributed by atoms with E-state index in [-0.39, 0.29) is 23.9 Å². The van der Waals surface area contributed by atoms with Crippen molar-refractivity contribution in [2.45, 2.75) is 45.7 Å². The highest BCUT2D eigenvalue weighted by Crippen LogP contribution is 2.49. The van der Waals surface area contributed by atoms with Gasteiger partial charge < -0.3 is 14.6 Å². The quantitative estimate of drug-likeness (QED) is 0.929. The lowest BCUT2D eigenvalue weighted by Crippen LogP contribution is -2.51. The molecule has 126 valence electrons. The third-order valence-electron chi connectivity index (χ3n) is 5.24. The van der Waals surface area contributed by atoms with Crippen molar-refractivity contribution >= 4 is 17.6 Å². The van der Waals surface area contributed by atoms with Crippen molar-refractivity contribution in [2.24, 2.45) is 11.8 Å². The van der Waals surface area contributed by atoms with Crippen molar-refractivity contribution in [1.29, 1.82) is 0 Å². The SMILES string of the molecule is CC(=O)N1c2ccccc2C(Nc2nc(C)co2)[C@@H](C)C1C1CC1. The lowest BCUT2D eigenvalue weighted by Gasteiger charge is -2.45. The summed E-state index contributed by atoms with van der Waals surface area (Å²) >= 11 is 0. The third kappa shape index (κ3) is 2.48. The Morgan fingerprint density at radius 2 is 2.08 bits per heavy atom. The number of aromatic nitrogens is 1. The summed E-state index contributed by atoms with van der Waals surface area (Å²) in [5, 5.41) is 3.46. The number of nitrogens with one attached hydrogen (secondary N) is 1. The smallest absolute Gasteiger partial charge is 0.295 e. The first-order chi connectivity index (χ1) is 11.6. The molecule has 2 heterocycles. The van der Waals surface area contributed by atoms with Crippen molar-refractivity contribution in [3.05, 3.63) is 41.8 Å². The molecule has 2 aliphatic rings. The molecule has 0 saturated heterocycles. The summed E-state index contributed by atoms with van der Waals surface area (Å²) in [5.74, 6) is 0.993. The Kier molecular flexibility index (Phi) is 3.59. The van der Waals surface area contributed by atoms with E-state index < -0.39 is 0 Å². The van der Waals surface area contributed by atoms with Gasteiger partial charge in [0.25, 0.3) is 6.01 Å². The Morgan fingerprint density at radius 1 is 1.33 bits per heavy atom. The van der Waals surface area contributed by atoms with Crippen LogP contribution in [-0.4, -0.2) is 16.9 Å². The summed E-state index contributed by atoms with van der Waals surface area (Å²) in [6, 6.07) is 9.03. The number of oxazole rings is 1. The Hall–Kier alpha value is -2.30. The van der Waals surface area contributed by atoms with E-state index in [0.29, 0.717) is 11.9 Å². The van der Waals surface area contributed by atoms with Gasteiger partial charge in [0.2, 0.25) is 5.91 Å². The standard InChI is InChI=1S/C19H23N3O2/c1-11-10-24-19(20-11)21-17-12(2)18(14-8-9-14)22(13(3)23)16-7-5-4-6-15(16)17/h4-7,10,12,14,17-18H,8-9H2,1-3H3,(H,20,21)/t12-,17?,18?/m1/s1. The van der Waals surface area contributed by atoms with Gasteiger partial charge in [-0.1, -0.05) is 25.1 Å². The number of hydrogen-bond acceptors (Lipinski definition) is 4. The number of anilines is 2. The normalized spacial score (nSPS) is 26.1. The van der Waals surface area contributed by atoms with Gasteiger partial charge in [0.1, 0.15) is 6.26 Å². The highest BCUT2D eigenvalue weighted by molar-refractivity contribution is 5.94. The molecule has 1 aromatic heterocycles. The molecule has 0 spiro atoms. The molecule has 24 heavy (non-hydrogen) atoms. The third-order valence-corrected chi connectivity index (χ3v) is 5.24. The number of para-hydroxylation sites is 1. The molecule has 1 saturated carbocycles. The van der Waals surface area contributed by atoms with Gasteiger partial charge >= 0.3 is 0 Å². The van der Waals surface area contributed by atoms with Crippen molar-refractivity contribution in [3.8, 4) is 0 Å². The van der Waals surface area contributed by atoms with E-state index in [0.717, 1.165) is 16.9 Å². The zero-order chi connectivity index (χ0) is 16.8. The van der Waals surface area contributed by atoms with Crippen molar-refractivity contribution in [1.82, 2.24) is 4.98 Å². The summed E-state index contributed by atoms with van der Waals surface area (Å²) in [5.41, 5.74) is 3.01. The number of aryl methyl sites for hydroxylation is 1. The highest BCUT2D eigenvalue weighted by Gasteiger charge is 2.47. The minimum absolute atomic E-state index is 0.0837. The summed E-state index contributed by atoms with van der Waals surface area (Å²) in [6.07, 6.45) is 4.06. The minimum atomic E-state index is 0.0837. The first kappa shape index (κ1) is 15.2. The molecule has 1 aliphatic heterocycles. The monoisotopic (exact) mass is 325 g/mol. The molecular weight excluding hydrogens is 302 g/mol. The van der Waals surface area contributed by atoms with Crippen molar-refractivity contribution in [3.63, 3.8) is 0 Å². The number of hydrogen-bond donors (Lipinski definition) is 1. The lowest BCUT2D eigenvalue weighted by atomic mass is 9.80. The number of carbonyl (C=O) groups is 1. The molecule has 1 N–H and O–H groups in total. The van der Waals surface area contributed by atoms with Gasteiger partial charge in [-0.25, -0.2) is 0 Å². The second-order valence-electron chi connectivity index (χ2n) is 7.05. The number of fused-ring (bicyclic) bond motifs is 1. The number of rotatable bonds is 3. The fourth-order valence-corrected chi connectivity index (χ4v) is 4.07. The molecule has 4 rings (SSSR count). The molecule has 1 fully saturated rings. The van der Waals surface area contributed by atoms with Crippen LogP contribution in [0.1, 0.15) is 44.0 Å². The van der Waals surface area contributed by atoms with Crippen LogP contribution in [0.5, 0.6) is 0 Å². The summed E-state index contributed by atoms with van der Waals surface area (Å²) in [7, 11) is 0. The molecule has 0 radical (unpaired) electrons. The van der Waals surface area contributed by atoms with E-state index in [1.54, 1.807) is 13.2 Å². The van der Waals surface area contributed by atoms with Crippen LogP contribution in [0.4, 0.5) is 11.7 Å². The van der Waals surface area contributed by atoms with Gasteiger partial charge in [-0.2, -0.15) is 4.98 Å². The predicted molar refractivity (Wildman–Crippen MR) is 92.9 cm³/mol. The van der Waals surface area contributed by atoms with Crippen LogP contribution in [0.2, 0.25) is 0 Å². The number of carbonyl (C=O) groups excluding carboxylic acids is 1. The zero-order valence-electron chi connectivity index (χ0n) is 14.3. The second kappa shape index (κ2) is 5.65. The molecular formula is C19H23N3O2. The molecule has 5 heteroatoms. The Balaban J connectivity index is 1.77. The first-order valence-corrected chi connectivity index (χ1v) is 8.63. The molecule has 1 aliphatic carbocycles. The Bertz CT molecular complexity index is 765. The topological polar surface area (TPSA) is 58.4 Å². The first-order valence-electron chi connectivity index (χ1n) is 8.63. The number of benzene rings is 1. The van der Waals surface area contributed by atoms with Crippen molar-refractivity contribution in [2.75, 3.05) is 10.2 Å². The predicted octanol–water partition coefficient (Wildman–Crippen LogP) is 3.92. The second-order valence-corrected chi connectivity index (χ2v) is 7.05. The van der Waals surface area contributed by atoms with Crippen LogP contribution in [0.15, 0.2) is 34.9 Å². The molecule has 1 aromatic carbocycles. The fourth-order valence-electron chi connectivity index (χ4n) is 4.07. The van der Waals surface area contributed by atoms with Gasteiger partial charge in [-0.3, -0.25) is 4.79 Å². The molecule has 3 atom stereocenters. The van der Waals surface area contributed by atoms with E-state index in [1.807, 2.05) is 30.0 Å².